The monoisotopic (exact) mass is 825 g/mol. The van der Waals surface area contributed by atoms with E-state index in [1.54, 1.807) is 0 Å². The summed E-state index contributed by atoms with van der Waals surface area (Å²) in [5, 5.41) is 12.5. The van der Waals surface area contributed by atoms with Crippen molar-refractivity contribution < 1.29 is 5.11 Å². The number of aromatic nitrogens is 4. The lowest BCUT2D eigenvalue weighted by atomic mass is 9.78. The van der Waals surface area contributed by atoms with Gasteiger partial charge in [0.05, 0.1) is 16.9 Å². The molecule has 0 fully saturated rings. The Morgan fingerprint density at radius 3 is 1.58 bits per heavy atom. The number of aromatic hydroxyl groups is 1. The number of rotatable bonds is 7. The number of benzene rings is 4. The quantitative estimate of drug-likeness (QED) is 0.174. The lowest BCUT2D eigenvalue weighted by molar-refractivity contribution is 0.446. The molecule has 0 aliphatic heterocycles. The van der Waals surface area contributed by atoms with Crippen LogP contribution in [0.3, 0.4) is 0 Å². The molecule has 1 N–H and O–H groups in total. The van der Waals surface area contributed by atoms with E-state index < -0.39 is 0 Å². The zero-order valence-electron chi connectivity index (χ0n) is 40.2. The molecule has 7 rings (SSSR count). The van der Waals surface area contributed by atoms with Crippen LogP contribution in [-0.4, -0.2) is 24.6 Å². The summed E-state index contributed by atoms with van der Waals surface area (Å²) in [6, 6.07) is 33.1. The van der Waals surface area contributed by atoms with Crippen LogP contribution in [0.15, 0.2) is 103 Å². The lowest BCUT2D eigenvalue weighted by Crippen LogP contribution is -2.17. The third-order valence-electron chi connectivity index (χ3n) is 12.3. The largest absolute Gasteiger partial charge is 0.507 e. The van der Waals surface area contributed by atoms with Crippen LogP contribution < -0.4 is 0 Å². The molecule has 0 unspecified atom stereocenters. The van der Waals surface area contributed by atoms with E-state index in [-0.39, 0.29) is 39.2 Å². The molecule has 0 amide bonds. The van der Waals surface area contributed by atoms with E-state index in [2.05, 4.69) is 194 Å². The highest BCUT2D eigenvalue weighted by Gasteiger charge is 2.31. The van der Waals surface area contributed by atoms with Gasteiger partial charge in [-0.15, -0.1) is 0 Å². The van der Waals surface area contributed by atoms with Crippen LogP contribution in [0, 0.1) is 0 Å². The Labute approximate surface area is 371 Å². The number of pyridine rings is 2. The first kappa shape index (κ1) is 44.5. The SMILES string of the molecule is CC(C)c1cccc(C(C)C)c1-n1c(-c2cc(C(C)(C)C)cc(C(C)(C)C)c2O)nc2c(-c3cc(-c4cc(C(C)(C)C)cc(C(C)(C)C)c4)cc(-c4ccccn4)c3)ccnc21. The summed E-state index contributed by atoms with van der Waals surface area (Å²) >= 11 is 0. The Balaban J connectivity index is 1.63. The third kappa shape index (κ3) is 8.61. The molecule has 3 aromatic heterocycles. The molecule has 0 spiro atoms. The van der Waals surface area contributed by atoms with Crippen molar-refractivity contribution in [1.82, 2.24) is 19.5 Å². The molecule has 322 valence electrons. The van der Waals surface area contributed by atoms with E-state index >= 15 is 0 Å². The van der Waals surface area contributed by atoms with E-state index in [1.165, 1.54) is 27.8 Å². The molecule has 3 heterocycles. The number of phenols is 1. The van der Waals surface area contributed by atoms with Crippen molar-refractivity contribution in [2.75, 3.05) is 0 Å². The van der Waals surface area contributed by atoms with Crippen molar-refractivity contribution in [1.29, 1.82) is 0 Å². The van der Waals surface area contributed by atoms with Crippen LogP contribution in [0.5, 0.6) is 5.75 Å². The summed E-state index contributed by atoms with van der Waals surface area (Å²) in [4.78, 5) is 15.7. The average Bonchev–Trinajstić information content (AvgIpc) is 3.58. The van der Waals surface area contributed by atoms with Crippen molar-refractivity contribution in [3.8, 4) is 56.3 Å². The molecule has 0 saturated heterocycles. The predicted molar refractivity (Wildman–Crippen MR) is 263 cm³/mol. The fourth-order valence-corrected chi connectivity index (χ4v) is 8.47. The van der Waals surface area contributed by atoms with Gasteiger partial charge in [-0.2, -0.15) is 0 Å². The molecule has 62 heavy (non-hydrogen) atoms. The van der Waals surface area contributed by atoms with Crippen molar-refractivity contribution in [2.24, 2.45) is 0 Å². The molecule has 0 atom stereocenters. The number of imidazole rings is 1. The van der Waals surface area contributed by atoms with Crippen LogP contribution in [0.2, 0.25) is 0 Å². The fourth-order valence-electron chi connectivity index (χ4n) is 8.47. The van der Waals surface area contributed by atoms with Crippen LogP contribution in [0.25, 0.3) is 61.8 Å². The Kier molecular flexibility index (Phi) is 11.5. The van der Waals surface area contributed by atoms with Crippen molar-refractivity contribution in [3.05, 3.63) is 137 Å². The van der Waals surface area contributed by atoms with Gasteiger partial charge in [-0.3, -0.25) is 9.55 Å². The van der Waals surface area contributed by atoms with Gasteiger partial charge in [0, 0.05) is 29.1 Å². The van der Waals surface area contributed by atoms with Crippen molar-refractivity contribution in [2.45, 2.75) is 144 Å². The Morgan fingerprint density at radius 1 is 0.500 bits per heavy atom. The van der Waals surface area contributed by atoms with Crippen LogP contribution in [0.4, 0.5) is 0 Å². The van der Waals surface area contributed by atoms with Crippen LogP contribution in [0.1, 0.15) is 156 Å². The smallest absolute Gasteiger partial charge is 0.165 e. The molecule has 7 aromatic rings. The number of hydrogen-bond acceptors (Lipinski definition) is 4. The second kappa shape index (κ2) is 16.0. The molecule has 5 heteroatoms. The maximum absolute atomic E-state index is 12.5. The van der Waals surface area contributed by atoms with Gasteiger partial charge in [-0.1, -0.05) is 159 Å². The highest BCUT2D eigenvalue weighted by molar-refractivity contribution is 5.96. The van der Waals surface area contributed by atoms with Gasteiger partial charge in [-0.25, -0.2) is 9.97 Å². The number of hydrogen-bond donors (Lipinski definition) is 1. The molecule has 0 radical (unpaired) electrons. The van der Waals surface area contributed by atoms with Crippen molar-refractivity contribution >= 4 is 11.2 Å². The van der Waals surface area contributed by atoms with Gasteiger partial charge >= 0.3 is 0 Å². The lowest BCUT2D eigenvalue weighted by Gasteiger charge is -2.28. The zero-order valence-corrected chi connectivity index (χ0v) is 40.2. The summed E-state index contributed by atoms with van der Waals surface area (Å²) in [6.07, 6.45) is 3.78. The fraction of sp³-hybridized carbons (Fsp3) is 0.386. The molecular formula is C57H68N4O. The minimum Gasteiger partial charge on any atom is -0.507 e. The highest BCUT2D eigenvalue weighted by Crippen LogP contribution is 2.46. The van der Waals surface area contributed by atoms with E-state index in [4.69, 9.17) is 15.0 Å². The summed E-state index contributed by atoms with van der Waals surface area (Å²) < 4.78 is 2.25. The first-order valence-electron chi connectivity index (χ1n) is 22.5. The number of para-hydroxylation sites is 1. The first-order chi connectivity index (χ1) is 28.8. The molecule has 0 saturated carbocycles. The van der Waals surface area contributed by atoms with E-state index in [0.29, 0.717) is 11.4 Å². The zero-order chi connectivity index (χ0) is 45.3. The van der Waals surface area contributed by atoms with Gasteiger partial charge in [0.15, 0.2) is 11.5 Å². The minimum atomic E-state index is -0.321. The number of phenolic OH excluding ortho intramolecular Hbond substituents is 1. The standard InChI is InChI=1S/C57H68N4O/c1-34(2)43-20-19-21-44(35(3)4)50(43)61-52(46-32-42(56(11,12)13)33-47(51(46)62)57(14,15)16)60-49-45(23-25-59-53(49)61)38-26-36(27-39(28-38)48-22-17-18-24-58-48)37-29-40(54(5,6)7)31-41(30-37)55(8,9)10/h17-35,62H,1-16H3. The molecule has 0 aliphatic carbocycles. The highest BCUT2D eigenvalue weighted by atomic mass is 16.3. The summed E-state index contributed by atoms with van der Waals surface area (Å²) in [6.45, 7) is 35.9. The normalized spacial score (nSPS) is 12.9. The van der Waals surface area contributed by atoms with Gasteiger partial charge in [0.2, 0.25) is 0 Å². The minimum absolute atomic E-state index is 0.0399. The summed E-state index contributed by atoms with van der Waals surface area (Å²) in [5.41, 5.74) is 16.0. The maximum atomic E-state index is 12.5. The number of fused-ring (bicyclic) bond motifs is 1. The Hall–Kier alpha value is -5.55. The first-order valence-corrected chi connectivity index (χ1v) is 22.5. The maximum Gasteiger partial charge on any atom is 0.165 e. The second-order valence-electron chi connectivity index (χ2n) is 22.1. The molecule has 0 aliphatic rings. The van der Waals surface area contributed by atoms with E-state index in [1.807, 2.05) is 24.5 Å². The third-order valence-corrected chi connectivity index (χ3v) is 12.3. The van der Waals surface area contributed by atoms with Crippen LogP contribution in [-0.2, 0) is 21.7 Å². The van der Waals surface area contributed by atoms with E-state index in [0.717, 1.165) is 55.9 Å². The molecule has 5 nitrogen and oxygen atoms in total. The van der Waals surface area contributed by atoms with Gasteiger partial charge in [-0.05, 0) is 120 Å². The summed E-state index contributed by atoms with van der Waals surface area (Å²) in [7, 11) is 0. The predicted octanol–water partition coefficient (Wildman–Crippen LogP) is 15.6. The van der Waals surface area contributed by atoms with Crippen LogP contribution >= 0.6 is 0 Å². The summed E-state index contributed by atoms with van der Waals surface area (Å²) in [5.74, 6) is 1.37. The second-order valence-corrected chi connectivity index (χ2v) is 22.1. The van der Waals surface area contributed by atoms with Crippen molar-refractivity contribution in [3.63, 3.8) is 0 Å². The average molecular weight is 825 g/mol. The number of nitrogens with zero attached hydrogens (tertiary/aromatic N) is 4. The topological polar surface area (TPSA) is 63.8 Å². The molecular weight excluding hydrogens is 757 g/mol. The van der Waals surface area contributed by atoms with Gasteiger partial charge in [0.25, 0.3) is 0 Å². The Bertz CT molecular complexity index is 2720. The van der Waals surface area contributed by atoms with Gasteiger partial charge in [0.1, 0.15) is 11.3 Å². The molecule has 4 aromatic carbocycles. The van der Waals surface area contributed by atoms with Gasteiger partial charge < -0.3 is 5.11 Å². The Morgan fingerprint density at radius 2 is 1.05 bits per heavy atom. The molecule has 0 bridgehead atoms. The van der Waals surface area contributed by atoms with E-state index in [9.17, 15) is 5.11 Å².